The normalized spacial score (nSPS) is 10.6. The lowest BCUT2D eigenvalue weighted by Gasteiger charge is -2.17. The summed E-state index contributed by atoms with van der Waals surface area (Å²) >= 11 is 0. The zero-order valence-corrected chi connectivity index (χ0v) is 26.4. The van der Waals surface area contributed by atoms with E-state index in [0.29, 0.717) is 47.9 Å². The number of hydrogen-bond acceptors (Lipinski definition) is 6. The Bertz CT molecular complexity index is 2000. The summed E-state index contributed by atoms with van der Waals surface area (Å²) in [4.78, 5) is 54.8. The van der Waals surface area contributed by atoms with Gasteiger partial charge in [0.1, 0.15) is 11.5 Å². The fourth-order valence-electron chi connectivity index (χ4n) is 5.04. The predicted molar refractivity (Wildman–Crippen MR) is 175 cm³/mol. The quantitative estimate of drug-likeness (QED) is 0.209. The third-order valence-electron chi connectivity index (χ3n) is 6.96. The van der Waals surface area contributed by atoms with E-state index in [-0.39, 0.29) is 5.88 Å². The van der Waals surface area contributed by atoms with Gasteiger partial charge in [0.05, 0.1) is 17.7 Å². The van der Waals surface area contributed by atoms with Crippen LogP contribution in [0.2, 0.25) is 0 Å². The largest absolute Gasteiger partial charge is 0.440 e. The van der Waals surface area contributed by atoms with Gasteiger partial charge >= 0.3 is 11.4 Å². The molecule has 0 bridgehead atoms. The van der Waals surface area contributed by atoms with Gasteiger partial charge in [0.2, 0.25) is 11.8 Å². The maximum absolute atomic E-state index is 12.5. The van der Waals surface area contributed by atoms with Gasteiger partial charge in [-0.1, -0.05) is 56.3 Å². The van der Waals surface area contributed by atoms with Gasteiger partial charge in [0.15, 0.2) is 0 Å². The lowest BCUT2D eigenvalue weighted by Crippen LogP contribution is -2.33. The highest BCUT2D eigenvalue weighted by Crippen LogP contribution is 2.26. The van der Waals surface area contributed by atoms with E-state index in [1.165, 1.54) is 4.57 Å². The van der Waals surface area contributed by atoms with Gasteiger partial charge in [-0.15, -0.1) is 0 Å². The van der Waals surface area contributed by atoms with Crippen LogP contribution in [-0.4, -0.2) is 19.5 Å². The van der Waals surface area contributed by atoms with Crippen LogP contribution in [0.15, 0.2) is 85.9 Å². The number of aromatic amines is 3. The number of rotatable bonds is 8. The first kappa shape index (κ1) is 32.5. The Labute approximate surface area is 260 Å². The van der Waals surface area contributed by atoms with E-state index >= 15 is 0 Å². The Morgan fingerprint density at radius 1 is 0.622 bits per heavy atom. The van der Waals surface area contributed by atoms with E-state index in [1.807, 2.05) is 108 Å². The van der Waals surface area contributed by atoms with Crippen LogP contribution in [-0.2, 0) is 19.4 Å². The van der Waals surface area contributed by atoms with Crippen LogP contribution in [0.4, 0.5) is 0 Å². The number of H-pyrrole nitrogens is 3. The van der Waals surface area contributed by atoms with E-state index < -0.39 is 22.5 Å². The molecule has 0 saturated carbocycles. The number of nitrogens with one attached hydrogen (secondary N) is 3. The van der Waals surface area contributed by atoms with Crippen LogP contribution in [0, 0.1) is 27.7 Å². The second kappa shape index (κ2) is 14.4. The van der Waals surface area contributed by atoms with Gasteiger partial charge in [0, 0.05) is 0 Å². The lowest BCUT2D eigenvalue weighted by atomic mass is 10.1. The van der Waals surface area contributed by atoms with Crippen LogP contribution < -0.4 is 32.0 Å². The molecule has 0 radical (unpaired) electrons. The van der Waals surface area contributed by atoms with E-state index in [4.69, 9.17) is 9.47 Å². The highest BCUT2D eigenvalue weighted by atomic mass is 16.5. The topological polar surface area (TPSA) is 139 Å². The molecule has 0 spiro atoms. The molecule has 0 fully saturated rings. The van der Waals surface area contributed by atoms with Crippen molar-refractivity contribution in [1.82, 2.24) is 19.5 Å². The van der Waals surface area contributed by atoms with E-state index in [1.54, 1.807) is 0 Å². The second-order valence-electron chi connectivity index (χ2n) is 10.9. The number of benzene rings is 3. The third-order valence-corrected chi connectivity index (χ3v) is 6.96. The van der Waals surface area contributed by atoms with Gasteiger partial charge in [-0.2, -0.15) is 0 Å². The van der Waals surface area contributed by atoms with Crippen molar-refractivity contribution in [1.29, 1.82) is 0 Å². The van der Waals surface area contributed by atoms with Gasteiger partial charge < -0.3 is 9.47 Å². The molecule has 5 rings (SSSR count). The Balaban J connectivity index is 0.000000215. The number of aromatic nitrogens is 4. The number of nitrogens with zero attached hydrogens (tertiary/aromatic N) is 1. The minimum atomic E-state index is -0.568. The minimum absolute atomic E-state index is 0.209. The van der Waals surface area contributed by atoms with Crippen molar-refractivity contribution >= 4 is 0 Å². The summed E-state index contributed by atoms with van der Waals surface area (Å²) in [6.45, 7) is 11.9. The molecule has 5 aromatic rings. The van der Waals surface area contributed by atoms with E-state index in [2.05, 4.69) is 15.0 Å². The van der Waals surface area contributed by atoms with Crippen LogP contribution in [0.5, 0.6) is 23.3 Å². The molecule has 10 heteroatoms. The highest BCUT2D eigenvalue weighted by molar-refractivity contribution is 5.38. The summed E-state index contributed by atoms with van der Waals surface area (Å²) in [5.74, 6) is 1.73. The van der Waals surface area contributed by atoms with Crippen LogP contribution >= 0.6 is 0 Å². The van der Waals surface area contributed by atoms with Crippen LogP contribution in [0.3, 0.4) is 0 Å². The lowest BCUT2D eigenvalue weighted by molar-refractivity contribution is 0.414. The van der Waals surface area contributed by atoms with Gasteiger partial charge in [-0.05, 0) is 92.6 Å². The van der Waals surface area contributed by atoms with Crippen molar-refractivity contribution in [2.24, 2.45) is 0 Å². The molecule has 0 atom stereocenters. The molecule has 0 aliphatic carbocycles. The fraction of sp³-hybridized carbons (Fsp3) is 0.257. The van der Waals surface area contributed by atoms with Crippen LogP contribution in [0.25, 0.3) is 0 Å². The van der Waals surface area contributed by atoms with Crippen LogP contribution in [0.1, 0.15) is 52.8 Å². The van der Waals surface area contributed by atoms with Crippen molar-refractivity contribution in [2.75, 3.05) is 0 Å². The summed E-state index contributed by atoms with van der Waals surface area (Å²) in [7, 11) is 0. The maximum Gasteiger partial charge on any atom is 0.331 e. The molecular formula is C35H38N4O6. The second-order valence-corrected chi connectivity index (χ2v) is 10.9. The average Bonchev–Trinajstić information content (AvgIpc) is 2.95. The SMILES string of the molecule is CCc1c(Oc2cc(C)cc(C)c2)[nH]c(=O)[nH]c1=O.CCc1c(Oc2cc(C)cc(C)c2)n(Cc2ccccc2)c(=O)[nH]c1=O. The molecule has 2 aromatic heterocycles. The number of hydrogen-bond donors (Lipinski definition) is 3. The van der Waals surface area contributed by atoms with Gasteiger partial charge in [-0.25, -0.2) is 9.59 Å². The third kappa shape index (κ3) is 8.38. The molecule has 0 aliphatic heterocycles. The first-order valence-corrected chi connectivity index (χ1v) is 14.7. The molecular weight excluding hydrogens is 572 g/mol. The monoisotopic (exact) mass is 610 g/mol. The minimum Gasteiger partial charge on any atom is -0.440 e. The molecule has 0 amide bonds. The highest BCUT2D eigenvalue weighted by Gasteiger charge is 2.17. The standard InChI is InChI=1S/C21H22N2O3.C14H16N2O3/c1-4-18-19(24)22-21(25)23(13-16-8-6-5-7-9-16)20(18)26-17-11-14(2)10-15(3)12-17;1-4-11-12(17)15-14(18)16-13(11)19-10-6-8(2)5-9(3)7-10/h5-12H,4,13H2,1-3H3,(H,22,24,25);5-7H,4H2,1-3H3,(H2,15,16,17,18). The molecule has 3 N–H and O–H groups in total. The predicted octanol–water partition coefficient (Wildman–Crippen LogP) is 5.59. The number of ether oxygens (including phenoxy) is 2. The Morgan fingerprint density at radius 3 is 1.67 bits per heavy atom. The molecule has 234 valence electrons. The van der Waals surface area contributed by atoms with Gasteiger partial charge in [0.25, 0.3) is 11.1 Å². The number of aryl methyl sites for hydroxylation is 4. The van der Waals surface area contributed by atoms with Gasteiger partial charge in [-0.3, -0.25) is 29.1 Å². The van der Waals surface area contributed by atoms with Crippen molar-refractivity contribution in [2.45, 2.75) is 60.9 Å². The molecule has 0 unspecified atom stereocenters. The Kier molecular flexibility index (Phi) is 10.4. The molecule has 0 saturated heterocycles. The summed E-state index contributed by atoms with van der Waals surface area (Å²) in [5.41, 5.74) is 4.21. The molecule has 2 heterocycles. The smallest absolute Gasteiger partial charge is 0.331 e. The Morgan fingerprint density at radius 2 is 1.13 bits per heavy atom. The van der Waals surface area contributed by atoms with Crippen molar-refractivity contribution in [3.8, 4) is 23.3 Å². The van der Waals surface area contributed by atoms with E-state index in [0.717, 1.165) is 27.8 Å². The Hall–Kier alpha value is -5.38. The first-order chi connectivity index (χ1) is 21.5. The summed E-state index contributed by atoms with van der Waals surface area (Å²) < 4.78 is 13.2. The molecule has 45 heavy (non-hydrogen) atoms. The molecule has 10 nitrogen and oxygen atoms in total. The molecule has 0 aliphatic rings. The fourth-order valence-corrected chi connectivity index (χ4v) is 5.04. The maximum atomic E-state index is 12.5. The summed E-state index contributed by atoms with van der Waals surface area (Å²) in [5, 5.41) is 0. The van der Waals surface area contributed by atoms with Crippen molar-refractivity contribution in [3.05, 3.63) is 147 Å². The molecule has 3 aromatic carbocycles. The summed E-state index contributed by atoms with van der Waals surface area (Å²) in [6.07, 6.45) is 0.941. The average molecular weight is 611 g/mol. The first-order valence-electron chi connectivity index (χ1n) is 14.7. The zero-order valence-electron chi connectivity index (χ0n) is 26.4. The van der Waals surface area contributed by atoms with Crippen molar-refractivity contribution < 1.29 is 9.47 Å². The van der Waals surface area contributed by atoms with Crippen molar-refractivity contribution in [3.63, 3.8) is 0 Å². The van der Waals surface area contributed by atoms with E-state index in [9.17, 15) is 19.2 Å². The zero-order chi connectivity index (χ0) is 32.7. The summed E-state index contributed by atoms with van der Waals surface area (Å²) in [6, 6.07) is 21.2.